The highest BCUT2D eigenvalue weighted by Gasteiger charge is 2.11. The minimum atomic E-state index is -0.589. The molecule has 0 fully saturated rings. The zero-order valence-corrected chi connectivity index (χ0v) is 14.6. The molecule has 1 aromatic rings. The van der Waals surface area contributed by atoms with Crippen LogP contribution in [0.25, 0.3) is 0 Å². The van der Waals surface area contributed by atoms with Crippen LogP contribution in [0.4, 0.5) is 0 Å². The molecule has 6 nitrogen and oxygen atoms in total. The number of hydrogen-bond acceptors (Lipinski definition) is 5. The third-order valence-electron chi connectivity index (χ3n) is 3.50. The fourth-order valence-corrected chi connectivity index (χ4v) is 1.96. The molecule has 1 atom stereocenters. The van der Waals surface area contributed by atoms with E-state index in [0.29, 0.717) is 29.2 Å². The Kier molecular flexibility index (Phi) is 7.97. The molecule has 1 rings (SSSR count). The molecule has 25 heavy (non-hydrogen) atoms. The molecular weight excluding hydrogens is 316 g/mol. The second kappa shape index (κ2) is 9.96. The molecular formula is C19H24N4O2. The van der Waals surface area contributed by atoms with Gasteiger partial charge in [-0.1, -0.05) is 20.4 Å². The van der Waals surface area contributed by atoms with Gasteiger partial charge < -0.3 is 21.5 Å². The van der Waals surface area contributed by atoms with Crippen molar-refractivity contribution >= 4 is 5.91 Å². The van der Waals surface area contributed by atoms with Gasteiger partial charge in [0, 0.05) is 6.20 Å². The van der Waals surface area contributed by atoms with E-state index in [1.54, 1.807) is 30.4 Å². The Bertz CT molecular complexity index is 729. The summed E-state index contributed by atoms with van der Waals surface area (Å²) in [4.78, 5) is 11.8. The maximum atomic E-state index is 11.8. The lowest BCUT2D eigenvalue weighted by Gasteiger charge is -2.11. The van der Waals surface area contributed by atoms with Crippen LogP contribution < -0.4 is 21.5 Å². The van der Waals surface area contributed by atoms with Crippen molar-refractivity contribution in [3.8, 4) is 11.8 Å². The lowest BCUT2D eigenvalue weighted by molar-refractivity contribution is -0.121. The fourth-order valence-electron chi connectivity index (χ4n) is 1.96. The largest absolute Gasteiger partial charge is 0.458 e. The summed E-state index contributed by atoms with van der Waals surface area (Å²) in [5, 5.41) is 11.7. The number of benzene rings is 1. The van der Waals surface area contributed by atoms with Gasteiger partial charge in [-0.2, -0.15) is 5.26 Å². The molecule has 0 bridgehead atoms. The number of nitrogens with two attached hydrogens (primary N) is 2. The summed E-state index contributed by atoms with van der Waals surface area (Å²) in [6.07, 6.45) is 5.68. The van der Waals surface area contributed by atoms with Crippen LogP contribution in [0.2, 0.25) is 0 Å². The molecule has 6 heteroatoms. The van der Waals surface area contributed by atoms with E-state index < -0.39 is 6.04 Å². The maximum Gasteiger partial charge on any atom is 0.241 e. The predicted octanol–water partition coefficient (Wildman–Crippen LogP) is 2.22. The minimum absolute atomic E-state index is 0.310. The van der Waals surface area contributed by atoms with Crippen molar-refractivity contribution in [2.45, 2.75) is 32.7 Å². The number of carbonyl (C=O) groups excluding carboxylic acids is 1. The third-order valence-corrected chi connectivity index (χ3v) is 3.50. The molecule has 0 aliphatic heterocycles. The summed E-state index contributed by atoms with van der Waals surface area (Å²) >= 11 is 0. The average Bonchev–Trinajstić information content (AvgIpc) is 2.63. The molecule has 0 radical (unpaired) electrons. The van der Waals surface area contributed by atoms with E-state index in [-0.39, 0.29) is 5.91 Å². The standard InChI is InChI=1S/C19H24N4O2/c1-4-14-10-17(9-7-15(14)11-20)25-13(3)6-8-16(12-21)23-19(24)18(22)5-2/h6-10,12,18H,3-5,21-22H2,1-2H3,(H,23,24)/b8-6-,16-12+/t18-/m1/s1. The lowest BCUT2D eigenvalue weighted by Crippen LogP contribution is -2.39. The number of amides is 1. The van der Waals surface area contributed by atoms with Crippen LogP contribution in [0.5, 0.6) is 5.75 Å². The van der Waals surface area contributed by atoms with E-state index in [9.17, 15) is 4.79 Å². The molecule has 1 amide bonds. The molecule has 5 N–H and O–H groups in total. The monoisotopic (exact) mass is 340 g/mol. The smallest absolute Gasteiger partial charge is 0.241 e. The quantitative estimate of drug-likeness (QED) is 0.496. The van der Waals surface area contributed by atoms with Crippen molar-refractivity contribution in [3.05, 3.63) is 65.7 Å². The van der Waals surface area contributed by atoms with E-state index in [1.807, 2.05) is 13.8 Å². The minimum Gasteiger partial charge on any atom is -0.458 e. The summed E-state index contributed by atoms with van der Waals surface area (Å²) in [6, 6.07) is 6.78. The van der Waals surface area contributed by atoms with Gasteiger partial charge in [0.05, 0.1) is 23.4 Å². The Labute approximate surface area is 148 Å². The number of nitrogens with one attached hydrogen (secondary N) is 1. The number of rotatable bonds is 8. The van der Waals surface area contributed by atoms with Crippen LogP contribution in [-0.4, -0.2) is 11.9 Å². The molecule has 0 spiro atoms. The van der Waals surface area contributed by atoms with Gasteiger partial charge in [0.1, 0.15) is 11.5 Å². The number of nitrogens with zero attached hydrogens (tertiary/aromatic N) is 1. The van der Waals surface area contributed by atoms with Crippen molar-refractivity contribution in [3.63, 3.8) is 0 Å². The van der Waals surface area contributed by atoms with Gasteiger partial charge in [-0.15, -0.1) is 0 Å². The molecule has 0 heterocycles. The van der Waals surface area contributed by atoms with Gasteiger partial charge in [-0.05, 0) is 48.8 Å². The van der Waals surface area contributed by atoms with Gasteiger partial charge >= 0.3 is 0 Å². The highest BCUT2D eigenvalue weighted by molar-refractivity contribution is 5.83. The van der Waals surface area contributed by atoms with E-state index in [4.69, 9.17) is 21.5 Å². The first kappa shape index (κ1) is 20.0. The normalized spacial score (nSPS) is 12.5. The van der Waals surface area contributed by atoms with Crippen LogP contribution in [0.15, 0.2) is 54.6 Å². The average molecular weight is 340 g/mol. The van der Waals surface area contributed by atoms with Crippen molar-refractivity contribution in [1.29, 1.82) is 5.26 Å². The molecule has 1 aromatic carbocycles. The van der Waals surface area contributed by atoms with Crippen molar-refractivity contribution in [1.82, 2.24) is 5.32 Å². The summed E-state index contributed by atoms with van der Waals surface area (Å²) in [5.41, 5.74) is 13.1. The number of carbonyl (C=O) groups is 1. The molecule has 0 saturated heterocycles. The Hall–Kier alpha value is -3.04. The second-order valence-electron chi connectivity index (χ2n) is 5.31. The first-order valence-electron chi connectivity index (χ1n) is 8.01. The van der Waals surface area contributed by atoms with Crippen molar-refractivity contribution in [2.24, 2.45) is 11.5 Å². The zero-order chi connectivity index (χ0) is 18.8. The SMILES string of the molecule is C=C(/C=C\C(=C/N)NC(=O)[C@H](N)CC)Oc1ccc(C#N)c(CC)c1. The van der Waals surface area contributed by atoms with Crippen molar-refractivity contribution < 1.29 is 9.53 Å². The van der Waals surface area contributed by atoms with E-state index in [2.05, 4.69) is 18.0 Å². The number of hydrogen-bond donors (Lipinski definition) is 3. The summed E-state index contributed by atoms with van der Waals surface area (Å²) < 4.78 is 5.63. The molecule has 0 aromatic heterocycles. The van der Waals surface area contributed by atoms with Crippen LogP contribution in [-0.2, 0) is 11.2 Å². The topological polar surface area (TPSA) is 114 Å². The lowest BCUT2D eigenvalue weighted by atomic mass is 10.1. The van der Waals surface area contributed by atoms with E-state index in [0.717, 1.165) is 12.0 Å². The van der Waals surface area contributed by atoms with Crippen molar-refractivity contribution in [2.75, 3.05) is 0 Å². The van der Waals surface area contributed by atoms with E-state index in [1.165, 1.54) is 6.20 Å². The number of ether oxygens (including phenoxy) is 1. The van der Waals surface area contributed by atoms with Gasteiger partial charge in [0.2, 0.25) is 5.91 Å². The highest BCUT2D eigenvalue weighted by Crippen LogP contribution is 2.20. The Morgan fingerprint density at radius 3 is 2.72 bits per heavy atom. The second-order valence-corrected chi connectivity index (χ2v) is 5.31. The first-order valence-corrected chi connectivity index (χ1v) is 8.01. The molecule has 0 aliphatic rings. The van der Waals surface area contributed by atoms with Crippen LogP contribution in [0.3, 0.4) is 0 Å². The summed E-state index contributed by atoms with van der Waals surface area (Å²) in [5.74, 6) is 0.635. The van der Waals surface area contributed by atoms with Crippen LogP contribution in [0, 0.1) is 11.3 Å². The third kappa shape index (κ3) is 6.16. The number of aryl methyl sites for hydroxylation is 1. The molecule has 0 unspecified atom stereocenters. The van der Waals surface area contributed by atoms with Gasteiger partial charge in [0.25, 0.3) is 0 Å². The predicted molar refractivity (Wildman–Crippen MR) is 98.1 cm³/mol. The summed E-state index contributed by atoms with van der Waals surface area (Å²) in [7, 11) is 0. The Balaban J connectivity index is 2.73. The van der Waals surface area contributed by atoms with Crippen LogP contribution >= 0.6 is 0 Å². The first-order chi connectivity index (χ1) is 11.9. The molecule has 132 valence electrons. The van der Waals surface area contributed by atoms with Crippen LogP contribution in [0.1, 0.15) is 31.4 Å². The Morgan fingerprint density at radius 2 is 2.16 bits per heavy atom. The maximum absolute atomic E-state index is 11.8. The van der Waals surface area contributed by atoms with Gasteiger partial charge in [-0.3, -0.25) is 4.79 Å². The zero-order valence-electron chi connectivity index (χ0n) is 14.6. The highest BCUT2D eigenvalue weighted by atomic mass is 16.5. The Morgan fingerprint density at radius 1 is 1.44 bits per heavy atom. The fraction of sp³-hybridized carbons (Fsp3) is 0.263. The molecule has 0 aliphatic carbocycles. The van der Waals surface area contributed by atoms with Gasteiger partial charge in [0.15, 0.2) is 0 Å². The van der Waals surface area contributed by atoms with Gasteiger partial charge in [-0.25, -0.2) is 0 Å². The number of allylic oxidation sites excluding steroid dienone is 2. The molecule has 0 saturated carbocycles. The number of nitriles is 1. The van der Waals surface area contributed by atoms with E-state index >= 15 is 0 Å². The summed E-state index contributed by atoms with van der Waals surface area (Å²) in [6.45, 7) is 7.60.